The van der Waals surface area contributed by atoms with Crippen molar-refractivity contribution in [3.05, 3.63) is 34.8 Å². The molecule has 0 spiro atoms. The van der Waals surface area contributed by atoms with E-state index in [0.29, 0.717) is 5.75 Å². The second-order valence-corrected chi connectivity index (χ2v) is 9.29. The summed E-state index contributed by atoms with van der Waals surface area (Å²) in [5.41, 5.74) is 8.45. The first-order chi connectivity index (χ1) is 14.2. The highest BCUT2D eigenvalue weighted by Gasteiger charge is 2.59. The van der Waals surface area contributed by atoms with Crippen LogP contribution in [-0.2, 0) is 33.8 Å². The van der Waals surface area contributed by atoms with Crippen molar-refractivity contribution < 1.29 is 29.2 Å². The maximum absolute atomic E-state index is 12.5. The molecule has 1 aromatic heterocycles. The maximum Gasteiger partial charge on any atom is 0.352 e. The van der Waals surface area contributed by atoms with Crippen LogP contribution in [0.3, 0.4) is 0 Å². The van der Waals surface area contributed by atoms with Crippen molar-refractivity contribution in [1.29, 1.82) is 0 Å². The lowest BCUT2D eigenvalue weighted by molar-refractivity contribution is -0.691. The number of aliphatic hydroxyl groups excluding tert-OH is 1. The van der Waals surface area contributed by atoms with Gasteiger partial charge in [-0.3, -0.25) is 9.59 Å². The first kappa shape index (κ1) is 20.9. The Balaban J connectivity index is 1.60. The van der Waals surface area contributed by atoms with E-state index in [9.17, 15) is 24.6 Å². The summed E-state index contributed by atoms with van der Waals surface area (Å²) >= 11 is 1.57. The number of carbonyl (C=O) groups is 3. The molecule has 9 heteroatoms. The molecule has 0 aromatic carbocycles. The van der Waals surface area contributed by atoms with Crippen molar-refractivity contribution in [2.24, 2.45) is 17.6 Å². The summed E-state index contributed by atoms with van der Waals surface area (Å²) < 4.78 is 1.90. The topological polar surface area (TPSA) is 125 Å². The number of thioether (sulfide) groups is 1. The van der Waals surface area contributed by atoms with Gasteiger partial charge in [-0.25, -0.2) is 4.79 Å². The zero-order chi connectivity index (χ0) is 21.7. The molecule has 3 aliphatic rings. The van der Waals surface area contributed by atoms with Crippen molar-refractivity contribution in [3.63, 3.8) is 0 Å². The van der Waals surface area contributed by atoms with Gasteiger partial charge in [0.25, 0.3) is 5.91 Å². The summed E-state index contributed by atoms with van der Waals surface area (Å²) in [4.78, 5) is 38.2. The van der Waals surface area contributed by atoms with E-state index >= 15 is 0 Å². The number of nitrogens with two attached hydrogens (primary N) is 1. The largest absolute Gasteiger partial charge is 0.477 e. The highest BCUT2D eigenvalue weighted by Crippen LogP contribution is 2.48. The van der Waals surface area contributed by atoms with Gasteiger partial charge in [-0.2, -0.15) is 4.57 Å². The van der Waals surface area contributed by atoms with E-state index in [1.807, 2.05) is 23.8 Å². The van der Waals surface area contributed by atoms with Crippen molar-refractivity contribution in [1.82, 2.24) is 4.90 Å². The second-order valence-electron chi connectivity index (χ2n) is 8.27. The van der Waals surface area contributed by atoms with E-state index < -0.39 is 18.0 Å². The molecule has 8 nitrogen and oxygen atoms in total. The van der Waals surface area contributed by atoms with E-state index in [-0.39, 0.29) is 36.0 Å². The number of nitrogens with zero attached hydrogens (tertiary/aromatic N) is 2. The van der Waals surface area contributed by atoms with Gasteiger partial charge in [0, 0.05) is 34.6 Å². The lowest BCUT2D eigenvalue weighted by Crippen LogP contribution is -2.63. The predicted molar refractivity (Wildman–Crippen MR) is 108 cm³/mol. The number of hydrogen-bond donors (Lipinski definition) is 3. The van der Waals surface area contributed by atoms with Crippen LogP contribution in [0.5, 0.6) is 0 Å². The van der Waals surface area contributed by atoms with Gasteiger partial charge in [0.15, 0.2) is 11.9 Å². The third kappa shape index (κ3) is 3.20. The first-order valence-electron chi connectivity index (χ1n) is 10.1. The van der Waals surface area contributed by atoms with Crippen LogP contribution in [0.2, 0.25) is 0 Å². The second kappa shape index (κ2) is 7.70. The molecule has 3 heterocycles. The molecule has 4 rings (SSSR count). The van der Waals surface area contributed by atoms with Crippen LogP contribution in [0.15, 0.2) is 28.4 Å². The summed E-state index contributed by atoms with van der Waals surface area (Å²) in [6.45, 7) is 3.66. The number of hydrogen-bond acceptors (Lipinski definition) is 5. The molecule has 160 valence electrons. The molecule has 4 atom stereocenters. The van der Waals surface area contributed by atoms with Crippen LogP contribution in [0.1, 0.15) is 31.5 Å². The Morgan fingerprint density at radius 3 is 2.77 bits per heavy atom. The number of carbonyl (C=O) groups excluding carboxylic acids is 2. The minimum Gasteiger partial charge on any atom is -0.477 e. The van der Waals surface area contributed by atoms with Crippen molar-refractivity contribution in [2.45, 2.75) is 56.7 Å². The number of pyridine rings is 1. The molecule has 1 aliphatic carbocycles. The van der Waals surface area contributed by atoms with E-state index in [1.54, 1.807) is 18.7 Å². The minimum absolute atomic E-state index is 0.0678. The molecule has 4 N–H and O–H groups in total. The number of aliphatic carboxylic acids is 1. The molecule has 2 amide bonds. The number of β-lactam (4-membered cyclic amide) rings is 1. The monoisotopic (exact) mass is 432 g/mol. The third-order valence-corrected chi connectivity index (χ3v) is 7.61. The number of amides is 2. The lowest BCUT2D eigenvalue weighted by Gasteiger charge is -2.46. The fourth-order valence-electron chi connectivity index (χ4n) is 5.10. The Labute approximate surface area is 178 Å². The Morgan fingerprint density at radius 2 is 2.13 bits per heavy atom. The van der Waals surface area contributed by atoms with Crippen LogP contribution < -0.4 is 10.3 Å². The molecule has 0 bridgehead atoms. The van der Waals surface area contributed by atoms with E-state index in [4.69, 9.17) is 5.73 Å². The highest BCUT2D eigenvalue weighted by molar-refractivity contribution is 7.99. The molecular formula is C21H26N3O5S+. The molecule has 30 heavy (non-hydrogen) atoms. The van der Waals surface area contributed by atoms with E-state index in [1.165, 1.54) is 10.5 Å². The van der Waals surface area contributed by atoms with Crippen LogP contribution in [-0.4, -0.2) is 50.8 Å². The zero-order valence-electron chi connectivity index (χ0n) is 17.0. The highest BCUT2D eigenvalue weighted by atomic mass is 32.2. The Kier molecular flexibility index (Phi) is 5.36. The van der Waals surface area contributed by atoms with Crippen molar-refractivity contribution in [2.75, 3.05) is 5.75 Å². The number of carboxylic acid groups (broad SMARTS) is 1. The summed E-state index contributed by atoms with van der Waals surface area (Å²) in [6, 6.07) is 1.66. The Morgan fingerprint density at radius 1 is 1.40 bits per heavy atom. The van der Waals surface area contributed by atoms with Gasteiger partial charge in [0.2, 0.25) is 12.5 Å². The van der Waals surface area contributed by atoms with Gasteiger partial charge < -0.3 is 20.8 Å². The third-order valence-electron chi connectivity index (χ3n) is 6.47. The quantitative estimate of drug-likeness (QED) is 0.322. The van der Waals surface area contributed by atoms with Gasteiger partial charge in [-0.15, -0.1) is 11.8 Å². The predicted octanol–water partition coefficient (Wildman–Crippen LogP) is 0.236. The number of rotatable bonds is 7. The molecule has 1 saturated heterocycles. The van der Waals surface area contributed by atoms with Crippen LogP contribution in [0.4, 0.5) is 0 Å². The number of aromatic nitrogens is 1. The molecule has 2 aliphatic heterocycles. The van der Waals surface area contributed by atoms with Crippen LogP contribution >= 0.6 is 11.8 Å². The average molecular weight is 433 g/mol. The number of fused-ring (bicyclic) bond motifs is 2. The van der Waals surface area contributed by atoms with Gasteiger partial charge in [0.05, 0.1) is 18.1 Å². The molecule has 0 saturated carbocycles. The summed E-state index contributed by atoms with van der Waals surface area (Å²) in [7, 11) is 0. The smallest absolute Gasteiger partial charge is 0.352 e. The standard InChI is InChI=1S/C21H25N3O5S/c1-10-13(19(21(28)29)24-18(10)17(11(2)25)20(24)27)9-30-15-6-7-23(8-16(22)26)14-5-3-4-12(14)15/h6-7,10-11,17-18,25H,3-5,8-9H2,1-2H3,(H2-,22,26,28,29)/p+1/t10-,11+,17+,18+/m0/s1. The fourth-order valence-corrected chi connectivity index (χ4v) is 6.36. The fraction of sp³-hybridized carbons (Fsp3) is 0.524. The summed E-state index contributed by atoms with van der Waals surface area (Å²) in [5, 5.41) is 19.7. The molecule has 0 radical (unpaired) electrons. The molecule has 1 aromatic rings. The van der Waals surface area contributed by atoms with E-state index in [2.05, 4.69) is 0 Å². The average Bonchev–Trinajstić information content (AvgIpc) is 3.23. The van der Waals surface area contributed by atoms with Gasteiger partial charge >= 0.3 is 5.97 Å². The summed E-state index contributed by atoms with van der Waals surface area (Å²) in [5.74, 6) is -2.01. The van der Waals surface area contributed by atoms with Gasteiger partial charge in [0.1, 0.15) is 5.70 Å². The van der Waals surface area contributed by atoms with Crippen molar-refractivity contribution >= 4 is 29.5 Å². The molecule has 0 unspecified atom stereocenters. The van der Waals surface area contributed by atoms with Crippen LogP contribution in [0, 0.1) is 11.8 Å². The SMILES string of the molecule is C[C@@H](O)[C@H]1C(=O)N2C(C(=O)O)=C(CSc3cc[n+](CC(N)=O)c4c3CCC4)[C@H](C)[C@H]12. The lowest BCUT2D eigenvalue weighted by atomic mass is 9.78. The number of aliphatic hydroxyl groups is 1. The first-order valence-corrected chi connectivity index (χ1v) is 11.1. The van der Waals surface area contributed by atoms with Gasteiger partial charge in [-0.1, -0.05) is 6.92 Å². The van der Waals surface area contributed by atoms with Gasteiger partial charge in [-0.05, 0) is 25.3 Å². The Bertz CT molecular complexity index is 974. The molecular weight excluding hydrogens is 406 g/mol. The normalized spacial score (nSPS) is 25.8. The summed E-state index contributed by atoms with van der Waals surface area (Å²) in [6.07, 6.45) is 3.86. The maximum atomic E-state index is 12.5. The number of primary amides is 1. The minimum atomic E-state index is -1.10. The van der Waals surface area contributed by atoms with Crippen LogP contribution in [0.25, 0.3) is 0 Å². The molecule has 1 fully saturated rings. The van der Waals surface area contributed by atoms with Crippen molar-refractivity contribution in [3.8, 4) is 0 Å². The van der Waals surface area contributed by atoms with E-state index in [0.717, 1.165) is 35.4 Å². The number of carboxylic acids is 1. The Hall–Kier alpha value is -2.39. The zero-order valence-corrected chi connectivity index (χ0v) is 17.8.